The van der Waals surface area contributed by atoms with Gasteiger partial charge in [0.05, 0.1) is 19.9 Å². The van der Waals surface area contributed by atoms with E-state index in [0.717, 1.165) is 11.3 Å². The Morgan fingerprint density at radius 2 is 1.87 bits per heavy atom. The minimum Gasteiger partial charge on any atom is -0.424 e. The van der Waals surface area contributed by atoms with E-state index in [1.165, 1.54) is 24.3 Å². The molecule has 0 saturated carbocycles. The van der Waals surface area contributed by atoms with Crippen molar-refractivity contribution in [2.75, 3.05) is 54.2 Å². The number of aryl methyl sites for hydroxylation is 1. The van der Waals surface area contributed by atoms with Crippen LogP contribution in [0, 0.1) is 12.7 Å². The lowest BCUT2D eigenvalue weighted by atomic mass is 10.2. The minimum atomic E-state index is -0.343. The van der Waals surface area contributed by atoms with E-state index in [9.17, 15) is 4.39 Å². The van der Waals surface area contributed by atoms with Gasteiger partial charge in [0.1, 0.15) is 17.3 Å². The maximum atomic E-state index is 13.2. The molecule has 4 rings (SSSR count). The Kier molecular flexibility index (Phi) is 6.32. The number of hydrogen-bond donors (Lipinski definition) is 3. The molecule has 4 N–H and O–H groups in total. The smallest absolute Gasteiger partial charge is 0.326 e. The summed E-state index contributed by atoms with van der Waals surface area (Å²) < 4.78 is 24.4. The molecule has 0 amide bonds. The molecule has 0 aliphatic carbocycles. The number of ether oxygens (including phenoxy) is 2. The van der Waals surface area contributed by atoms with Crippen LogP contribution in [0.15, 0.2) is 48.5 Å². The van der Waals surface area contributed by atoms with Gasteiger partial charge in [-0.3, -0.25) is 0 Å². The second kappa shape index (κ2) is 9.48. The second-order valence-corrected chi connectivity index (χ2v) is 7.15. The first-order chi connectivity index (χ1) is 15.1. The normalized spacial score (nSPS) is 13.7. The van der Waals surface area contributed by atoms with E-state index in [1.54, 1.807) is 0 Å². The van der Waals surface area contributed by atoms with E-state index in [-0.39, 0.29) is 11.8 Å². The van der Waals surface area contributed by atoms with Gasteiger partial charge in [0.2, 0.25) is 0 Å². The summed E-state index contributed by atoms with van der Waals surface area (Å²) in [6.07, 6.45) is 0. The molecule has 0 spiro atoms. The average molecular weight is 424 g/mol. The molecule has 1 saturated heterocycles. The van der Waals surface area contributed by atoms with E-state index >= 15 is 0 Å². The van der Waals surface area contributed by atoms with Crippen LogP contribution < -0.4 is 26.0 Å². The fourth-order valence-electron chi connectivity index (χ4n) is 3.23. The minimum absolute atomic E-state index is 0.125. The quantitative estimate of drug-likeness (QED) is 0.495. The molecule has 1 aliphatic rings. The first-order valence-electron chi connectivity index (χ1n) is 10.1. The Balaban J connectivity index is 1.56. The fourth-order valence-corrected chi connectivity index (χ4v) is 3.23. The Morgan fingerprint density at radius 3 is 2.61 bits per heavy atom. The van der Waals surface area contributed by atoms with Crippen LogP contribution in [0.5, 0.6) is 11.8 Å². The molecule has 31 heavy (non-hydrogen) atoms. The van der Waals surface area contributed by atoms with Crippen molar-refractivity contribution in [2.24, 2.45) is 0 Å². The zero-order chi connectivity index (χ0) is 21.6. The molecule has 1 fully saturated rings. The monoisotopic (exact) mass is 424 g/mol. The lowest BCUT2D eigenvalue weighted by Crippen LogP contribution is -2.37. The standard InChI is InChI=1S/C22H25FN6O2/c1-15-3-2-4-17(13-15)25-14-26-20-19(24)21(29-9-11-30-12-10-29)28-22(27-20)31-18-7-5-16(23)6-8-18/h2-8,13,25H,9-12,14,24H2,1H3,(H,26,27,28). The number of anilines is 4. The summed E-state index contributed by atoms with van der Waals surface area (Å²) >= 11 is 0. The Hall–Kier alpha value is -3.59. The Labute approximate surface area is 180 Å². The van der Waals surface area contributed by atoms with Gasteiger partial charge in [0.15, 0.2) is 11.6 Å². The molecule has 3 aromatic rings. The topological polar surface area (TPSA) is 97.6 Å². The van der Waals surface area contributed by atoms with Crippen LogP contribution in [-0.4, -0.2) is 42.9 Å². The summed E-state index contributed by atoms with van der Waals surface area (Å²) in [5.74, 6) is 1.12. The highest BCUT2D eigenvalue weighted by atomic mass is 19.1. The second-order valence-electron chi connectivity index (χ2n) is 7.15. The summed E-state index contributed by atoms with van der Waals surface area (Å²) in [5.41, 5.74) is 8.97. The molecule has 9 heteroatoms. The van der Waals surface area contributed by atoms with E-state index < -0.39 is 0 Å². The van der Waals surface area contributed by atoms with Gasteiger partial charge in [-0.05, 0) is 48.9 Å². The molecule has 8 nitrogen and oxygen atoms in total. The van der Waals surface area contributed by atoms with Crippen LogP contribution in [0.3, 0.4) is 0 Å². The maximum absolute atomic E-state index is 13.2. The number of nitrogens with one attached hydrogen (secondary N) is 2. The Bertz CT molecular complexity index is 1030. The van der Waals surface area contributed by atoms with E-state index in [4.69, 9.17) is 15.2 Å². The number of hydrogen-bond acceptors (Lipinski definition) is 8. The summed E-state index contributed by atoms with van der Waals surface area (Å²) in [7, 11) is 0. The van der Waals surface area contributed by atoms with Crippen molar-refractivity contribution in [1.29, 1.82) is 0 Å². The molecular weight excluding hydrogens is 399 g/mol. The van der Waals surface area contributed by atoms with Gasteiger partial charge in [-0.25, -0.2) is 4.39 Å². The SMILES string of the molecule is Cc1cccc(NCNc2nc(Oc3ccc(F)cc3)nc(N3CCOCC3)c2N)c1. The van der Waals surface area contributed by atoms with Gasteiger partial charge < -0.3 is 30.7 Å². The van der Waals surface area contributed by atoms with Gasteiger partial charge in [-0.1, -0.05) is 12.1 Å². The maximum Gasteiger partial charge on any atom is 0.326 e. The predicted molar refractivity (Wildman–Crippen MR) is 119 cm³/mol. The van der Waals surface area contributed by atoms with Crippen molar-refractivity contribution in [1.82, 2.24) is 9.97 Å². The van der Waals surface area contributed by atoms with Crippen LogP contribution in [-0.2, 0) is 4.74 Å². The van der Waals surface area contributed by atoms with Crippen LogP contribution in [0.2, 0.25) is 0 Å². The van der Waals surface area contributed by atoms with Crippen molar-refractivity contribution in [2.45, 2.75) is 6.92 Å². The summed E-state index contributed by atoms with van der Waals surface area (Å²) in [5, 5.41) is 6.50. The van der Waals surface area contributed by atoms with Gasteiger partial charge >= 0.3 is 6.01 Å². The third kappa shape index (κ3) is 5.32. The van der Waals surface area contributed by atoms with Crippen molar-refractivity contribution in [3.63, 3.8) is 0 Å². The molecule has 0 unspecified atom stereocenters. The van der Waals surface area contributed by atoms with Gasteiger partial charge in [-0.15, -0.1) is 0 Å². The van der Waals surface area contributed by atoms with E-state index in [0.29, 0.717) is 56.0 Å². The first-order valence-corrected chi connectivity index (χ1v) is 10.1. The fraction of sp³-hybridized carbons (Fsp3) is 0.273. The lowest BCUT2D eigenvalue weighted by molar-refractivity contribution is 0.122. The highest BCUT2D eigenvalue weighted by Gasteiger charge is 2.20. The predicted octanol–water partition coefficient (Wildman–Crippen LogP) is 3.62. The molecule has 0 atom stereocenters. The molecular formula is C22H25FN6O2. The number of morpholine rings is 1. The van der Waals surface area contributed by atoms with Crippen LogP contribution >= 0.6 is 0 Å². The number of aromatic nitrogens is 2. The van der Waals surface area contributed by atoms with Crippen molar-refractivity contribution in [3.05, 3.63) is 59.9 Å². The number of rotatable bonds is 7. The van der Waals surface area contributed by atoms with Crippen molar-refractivity contribution in [3.8, 4) is 11.8 Å². The zero-order valence-corrected chi connectivity index (χ0v) is 17.3. The number of nitrogens with zero attached hydrogens (tertiary/aromatic N) is 3. The van der Waals surface area contributed by atoms with E-state index in [1.807, 2.05) is 36.1 Å². The summed E-state index contributed by atoms with van der Waals surface area (Å²) in [6, 6.07) is 13.9. The van der Waals surface area contributed by atoms with Gasteiger partial charge in [-0.2, -0.15) is 9.97 Å². The molecule has 1 aromatic heterocycles. The summed E-state index contributed by atoms with van der Waals surface area (Å²) in [6.45, 7) is 4.96. The molecule has 2 heterocycles. The zero-order valence-electron chi connectivity index (χ0n) is 17.3. The largest absolute Gasteiger partial charge is 0.424 e. The Morgan fingerprint density at radius 1 is 1.10 bits per heavy atom. The molecule has 1 aliphatic heterocycles. The molecule has 0 radical (unpaired) electrons. The lowest BCUT2D eigenvalue weighted by Gasteiger charge is -2.29. The number of nitrogen functional groups attached to an aromatic ring is 1. The molecule has 0 bridgehead atoms. The number of halogens is 1. The third-order valence-corrected chi connectivity index (χ3v) is 4.80. The highest BCUT2D eigenvalue weighted by Crippen LogP contribution is 2.31. The van der Waals surface area contributed by atoms with Crippen LogP contribution in [0.25, 0.3) is 0 Å². The third-order valence-electron chi connectivity index (χ3n) is 4.80. The van der Waals surface area contributed by atoms with Gasteiger partial charge in [0.25, 0.3) is 0 Å². The number of nitrogens with two attached hydrogens (primary N) is 1. The first kappa shape index (κ1) is 20.7. The van der Waals surface area contributed by atoms with Crippen LogP contribution in [0.4, 0.5) is 27.4 Å². The highest BCUT2D eigenvalue weighted by molar-refractivity contribution is 5.76. The van der Waals surface area contributed by atoms with Crippen molar-refractivity contribution < 1.29 is 13.9 Å². The molecule has 2 aromatic carbocycles. The summed E-state index contributed by atoms with van der Waals surface area (Å²) in [4.78, 5) is 11.0. The number of benzene rings is 2. The van der Waals surface area contributed by atoms with Gasteiger partial charge in [0, 0.05) is 18.8 Å². The molecule has 162 valence electrons. The van der Waals surface area contributed by atoms with Crippen LogP contribution in [0.1, 0.15) is 5.56 Å². The average Bonchev–Trinajstić information content (AvgIpc) is 2.78. The van der Waals surface area contributed by atoms with E-state index in [2.05, 4.69) is 20.6 Å². The van der Waals surface area contributed by atoms with Crippen molar-refractivity contribution >= 4 is 23.0 Å².